The number of methoxy groups -OCH3 is 1. The summed E-state index contributed by atoms with van der Waals surface area (Å²) in [6.07, 6.45) is 1.94. The summed E-state index contributed by atoms with van der Waals surface area (Å²) in [7, 11) is 1.64. The Bertz CT molecular complexity index is 883. The Balaban J connectivity index is 1.71. The molecule has 3 aromatic rings. The molecule has 0 radical (unpaired) electrons. The highest BCUT2D eigenvalue weighted by Gasteiger charge is 2.29. The maximum atomic E-state index is 11.8. The normalized spacial score (nSPS) is 14.0. The molecule has 0 aliphatic heterocycles. The highest BCUT2D eigenvalue weighted by Crippen LogP contribution is 2.33. The van der Waals surface area contributed by atoms with Gasteiger partial charge in [0.05, 0.1) is 7.11 Å². The van der Waals surface area contributed by atoms with Crippen molar-refractivity contribution in [2.45, 2.75) is 12.8 Å². The quantitative estimate of drug-likeness (QED) is 0.776. The van der Waals surface area contributed by atoms with Gasteiger partial charge in [-0.15, -0.1) is 0 Å². The van der Waals surface area contributed by atoms with Crippen molar-refractivity contribution in [1.29, 1.82) is 0 Å². The predicted molar refractivity (Wildman–Crippen MR) is 87.2 cm³/mol. The van der Waals surface area contributed by atoms with Gasteiger partial charge in [-0.3, -0.25) is 9.89 Å². The van der Waals surface area contributed by atoms with Crippen molar-refractivity contribution in [3.05, 3.63) is 36.4 Å². The van der Waals surface area contributed by atoms with E-state index in [1.54, 1.807) is 13.2 Å². The molecule has 4 rings (SSSR count). The SMILES string of the molecule is COc1ccccc1-c1n[nH]c2nc(NC(=O)C3CC3)ccc12. The Hall–Kier alpha value is -2.89. The summed E-state index contributed by atoms with van der Waals surface area (Å²) in [5, 5.41) is 11.0. The van der Waals surface area contributed by atoms with Gasteiger partial charge in [-0.25, -0.2) is 4.98 Å². The predicted octanol–water partition coefficient (Wildman–Crippen LogP) is 2.98. The molecular formula is C17H16N4O2. The van der Waals surface area contributed by atoms with Crippen LogP contribution >= 0.6 is 0 Å². The lowest BCUT2D eigenvalue weighted by Crippen LogP contribution is -2.14. The minimum absolute atomic E-state index is 0.0429. The maximum Gasteiger partial charge on any atom is 0.228 e. The van der Waals surface area contributed by atoms with Crippen LogP contribution < -0.4 is 10.1 Å². The monoisotopic (exact) mass is 308 g/mol. The van der Waals surface area contributed by atoms with Crippen molar-refractivity contribution in [1.82, 2.24) is 15.2 Å². The minimum Gasteiger partial charge on any atom is -0.496 e. The van der Waals surface area contributed by atoms with Crippen molar-refractivity contribution < 1.29 is 9.53 Å². The van der Waals surface area contributed by atoms with Crippen molar-refractivity contribution in [3.63, 3.8) is 0 Å². The van der Waals surface area contributed by atoms with Crippen molar-refractivity contribution >= 4 is 22.8 Å². The number of aromatic amines is 1. The molecule has 1 aliphatic rings. The number of amides is 1. The maximum absolute atomic E-state index is 11.8. The zero-order valence-electron chi connectivity index (χ0n) is 12.7. The molecule has 23 heavy (non-hydrogen) atoms. The van der Waals surface area contributed by atoms with E-state index in [-0.39, 0.29) is 11.8 Å². The molecule has 2 aromatic heterocycles. The molecule has 6 heteroatoms. The van der Waals surface area contributed by atoms with E-state index in [1.807, 2.05) is 30.3 Å². The molecule has 1 fully saturated rings. The zero-order valence-corrected chi connectivity index (χ0v) is 12.7. The van der Waals surface area contributed by atoms with Crippen LogP contribution in [0.1, 0.15) is 12.8 Å². The number of fused-ring (bicyclic) bond motifs is 1. The number of para-hydroxylation sites is 1. The van der Waals surface area contributed by atoms with E-state index in [0.29, 0.717) is 11.5 Å². The summed E-state index contributed by atoms with van der Waals surface area (Å²) < 4.78 is 5.40. The second kappa shape index (κ2) is 5.39. The average molecular weight is 308 g/mol. The Kier molecular flexibility index (Phi) is 3.22. The molecular weight excluding hydrogens is 292 g/mol. The molecule has 1 amide bonds. The summed E-state index contributed by atoms with van der Waals surface area (Å²) in [5.41, 5.74) is 2.32. The summed E-state index contributed by atoms with van der Waals surface area (Å²) in [5.74, 6) is 1.50. The van der Waals surface area contributed by atoms with Crippen LogP contribution in [0.2, 0.25) is 0 Å². The van der Waals surface area contributed by atoms with Gasteiger partial charge < -0.3 is 10.1 Å². The van der Waals surface area contributed by atoms with Gasteiger partial charge >= 0.3 is 0 Å². The van der Waals surface area contributed by atoms with Crippen LogP contribution in [0, 0.1) is 5.92 Å². The highest BCUT2D eigenvalue weighted by atomic mass is 16.5. The van der Waals surface area contributed by atoms with Gasteiger partial charge in [-0.05, 0) is 37.1 Å². The molecule has 116 valence electrons. The fourth-order valence-electron chi connectivity index (χ4n) is 2.59. The summed E-state index contributed by atoms with van der Waals surface area (Å²) >= 11 is 0. The molecule has 0 spiro atoms. The third-order valence-corrected chi connectivity index (χ3v) is 3.99. The van der Waals surface area contributed by atoms with Crippen LogP contribution in [0.15, 0.2) is 36.4 Å². The van der Waals surface area contributed by atoms with E-state index in [9.17, 15) is 4.79 Å². The Morgan fingerprint density at radius 3 is 2.87 bits per heavy atom. The highest BCUT2D eigenvalue weighted by molar-refractivity contribution is 5.96. The minimum atomic E-state index is 0.0429. The van der Waals surface area contributed by atoms with E-state index in [1.165, 1.54) is 0 Å². The Morgan fingerprint density at radius 1 is 1.26 bits per heavy atom. The van der Waals surface area contributed by atoms with Gasteiger partial charge in [0.1, 0.15) is 17.3 Å². The lowest BCUT2D eigenvalue weighted by Gasteiger charge is -2.06. The topological polar surface area (TPSA) is 79.9 Å². The van der Waals surface area contributed by atoms with Crippen LogP contribution in [-0.2, 0) is 4.79 Å². The lowest BCUT2D eigenvalue weighted by atomic mass is 10.1. The summed E-state index contributed by atoms with van der Waals surface area (Å²) in [6, 6.07) is 11.4. The number of hydrogen-bond donors (Lipinski definition) is 2. The fraction of sp³-hybridized carbons (Fsp3) is 0.235. The van der Waals surface area contributed by atoms with Crippen LogP contribution in [-0.4, -0.2) is 28.2 Å². The number of ether oxygens (including phenoxy) is 1. The number of pyridine rings is 1. The van der Waals surface area contributed by atoms with E-state index < -0.39 is 0 Å². The van der Waals surface area contributed by atoms with Crippen LogP contribution in [0.4, 0.5) is 5.82 Å². The first-order chi connectivity index (χ1) is 11.3. The molecule has 0 atom stereocenters. The third-order valence-electron chi connectivity index (χ3n) is 3.99. The van der Waals surface area contributed by atoms with Gasteiger partial charge in [0, 0.05) is 16.9 Å². The first-order valence-electron chi connectivity index (χ1n) is 7.55. The molecule has 1 saturated carbocycles. The first kappa shape index (κ1) is 13.8. The van der Waals surface area contributed by atoms with Gasteiger partial charge in [0.15, 0.2) is 5.65 Å². The molecule has 0 bridgehead atoms. The largest absolute Gasteiger partial charge is 0.496 e. The van der Waals surface area contributed by atoms with Crippen molar-refractivity contribution in [2.24, 2.45) is 5.92 Å². The van der Waals surface area contributed by atoms with E-state index in [2.05, 4.69) is 20.5 Å². The third kappa shape index (κ3) is 2.52. The average Bonchev–Trinajstić information content (AvgIpc) is 3.35. The molecule has 2 N–H and O–H groups in total. The number of rotatable bonds is 4. The summed E-state index contributed by atoms with van der Waals surface area (Å²) in [6.45, 7) is 0. The lowest BCUT2D eigenvalue weighted by molar-refractivity contribution is -0.117. The van der Waals surface area contributed by atoms with Crippen LogP contribution in [0.3, 0.4) is 0 Å². The zero-order chi connectivity index (χ0) is 15.8. The first-order valence-corrected chi connectivity index (χ1v) is 7.55. The number of aromatic nitrogens is 3. The van der Waals surface area contributed by atoms with E-state index in [4.69, 9.17) is 4.74 Å². The van der Waals surface area contributed by atoms with Gasteiger partial charge in [0.2, 0.25) is 5.91 Å². The van der Waals surface area contributed by atoms with Crippen molar-refractivity contribution in [3.8, 4) is 17.0 Å². The molecule has 0 saturated heterocycles. The smallest absolute Gasteiger partial charge is 0.228 e. The second-order valence-corrected chi connectivity index (χ2v) is 5.63. The van der Waals surface area contributed by atoms with Crippen LogP contribution in [0.25, 0.3) is 22.3 Å². The van der Waals surface area contributed by atoms with Gasteiger partial charge in [-0.2, -0.15) is 5.10 Å². The molecule has 1 aliphatic carbocycles. The van der Waals surface area contributed by atoms with E-state index in [0.717, 1.165) is 35.2 Å². The molecule has 1 aromatic carbocycles. The number of nitrogens with one attached hydrogen (secondary N) is 2. The van der Waals surface area contributed by atoms with Gasteiger partial charge in [0.25, 0.3) is 0 Å². The number of carbonyl (C=O) groups is 1. The molecule has 6 nitrogen and oxygen atoms in total. The Morgan fingerprint density at radius 2 is 2.09 bits per heavy atom. The second-order valence-electron chi connectivity index (χ2n) is 5.63. The molecule has 0 unspecified atom stereocenters. The number of anilines is 1. The number of carbonyl (C=O) groups excluding carboxylic acids is 1. The fourth-order valence-corrected chi connectivity index (χ4v) is 2.59. The van der Waals surface area contributed by atoms with Crippen molar-refractivity contribution in [2.75, 3.05) is 12.4 Å². The molecule has 2 heterocycles. The number of benzene rings is 1. The van der Waals surface area contributed by atoms with Gasteiger partial charge in [-0.1, -0.05) is 12.1 Å². The Labute approximate surface area is 132 Å². The number of H-pyrrole nitrogens is 1. The number of hydrogen-bond acceptors (Lipinski definition) is 4. The standard InChI is InChI=1S/C17H16N4O2/c1-23-13-5-3-2-4-11(13)15-12-8-9-14(18-16(12)21-20-15)19-17(22)10-6-7-10/h2-5,8-10H,6-7H2,1H3,(H2,18,19,20,21,22). The number of nitrogens with zero attached hydrogens (tertiary/aromatic N) is 2. The van der Waals surface area contributed by atoms with E-state index >= 15 is 0 Å². The van der Waals surface area contributed by atoms with Crippen LogP contribution in [0.5, 0.6) is 5.75 Å². The summed E-state index contributed by atoms with van der Waals surface area (Å²) in [4.78, 5) is 16.3.